The Kier molecular flexibility index (Phi) is 7.54. The second-order valence-corrected chi connectivity index (χ2v) is 5.35. The van der Waals surface area contributed by atoms with E-state index in [0.717, 1.165) is 24.5 Å². The number of aliphatic imine (C=N–C) groups is 1. The predicted molar refractivity (Wildman–Crippen MR) is 83.6 cm³/mol. The van der Waals surface area contributed by atoms with Crippen LogP contribution in [0.3, 0.4) is 0 Å². The van der Waals surface area contributed by atoms with Crippen molar-refractivity contribution in [3.05, 3.63) is 34.1 Å². The first-order chi connectivity index (χ1) is 9.56. The lowest BCUT2D eigenvalue weighted by molar-refractivity contribution is 0.179. The van der Waals surface area contributed by atoms with Crippen LogP contribution in [0.4, 0.5) is 4.39 Å². The van der Waals surface area contributed by atoms with Gasteiger partial charge in [0.25, 0.3) is 0 Å². The first kappa shape index (κ1) is 16.9. The molecule has 1 atom stereocenters. The summed E-state index contributed by atoms with van der Waals surface area (Å²) in [5.74, 6) is 0.489. The number of halogens is 2. The first-order valence-corrected chi connectivity index (χ1v) is 7.26. The molecular weight excluding hydrogens is 325 g/mol. The largest absolute Gasteiger partial charge is 0.383 e. The van der Waals surface area contributed by atoms with Crippen molar-refractivity contribution in [2.45, 2.75) is 19.4 Å². The number of ether oxygens (including phenoxy) is 1. The number of rotatable bonds is 6. The highest BCUT2D eigenvalue weighted by atomic mass is 79.9. The molecule has 4 nitrogen and oxygen atoms in total. The Labute approximate surface area is 127 Å². The Balaban J connectivity index is 2.39. The molecule has 2 N–H and O–H groups in total. The van der Waals surface area contributed by atoms with Crippen LogP contribution in [0.2, 0.25) is 0 Å². The number of hydrogen-bond acceptors (Lipinski definition) is 2. The van der Waals surface area contributed by atoms with Gasteiger partial charge in [-0.15, -0.1) is 0 Å². The van der Waals surface area contributed by atoms with E-state index >= 15 is 0 Å². The third kappa shape index (κ3) is 5.88. The van der Waals surface area contributed by atoms with Crippen molar-refractivity contribution >= 4 is 21.9 Å². The van der Waals surface area contributed by atoms with E-state index in [1.54, 1.807) is 26.3 Å². The molecule has 112 valence electrons. The Morgan fingerprint density at radius 2 is 2.25 bits per heavy atom. The summed E-state index contributed by atoms with van der Waals surface area (Å²) in [7, 11) is 3.39. The summed E-state index contributed by atoms with van der Waals surface area (Å²) in [6.45, 7) is 3.36. The maximum absolute atomic E-state index is 13.1. The third-order valence-corrected chi connectivity index (χ3v) is 3.32. The molecule has 0 saturated heterocycles. The van der Waals surface area contributed by atoms with E-state index in [2.05, 4.69) is 31.6 Å². The van der Waals surface area contributed by atoms with Crippen LogP contribution < -0.4 is 10.6 Å². The summed E-state index contributed by atoms with van der Waals surface area (Å²) >= 11 is 3.19. The summed E-state index contributed by atoms with van der Waals surface area (Å²) < 4.78 is 18.7. The molecule has 0 aliphatic rings. The molecule has 0 bridgehead atoms. The predicted octanol–water partition coefficient (Wildman–Crippen LogP) is 2.33. The monoisotopic (exact) mass is 345 g/mol. The van der Waals surface area contributed by atoms with Crippen molar-refractivity contribution in [3.63, 3.8) is 0 Å². The lowest BCUT2D eigenvalue weighted by Gasteiger charge is -2.17. The van der Waals surface area contributed by atoms with Gasteiger partial charge in [0.2, 0.25) is 0 Å². The maximum Gasteiger partial charge on any atom is 0.191 e. The quantitative estimate of drug-likeness (QED) is 0.614. The van der Waals surface area contributed by atoms with E-state index in [1.807, 2.05) is 6.92 Å². The van der Waals surface area contributed by atoms with Crippen molar-refractivity contribution in [2.75, 3.05) is 27.3 Å². The highest BCUT2D eigenvalue weighted by Crippen LogP contribution is 2.16. The molecule has 1 aromatic rings. The Hall–Kier alpha value is -1.14. The molecule has 1 unspecified atom stereocenters. The van der Waals surface area contributed by atoms with Crippen LogP contribution in [-0.2, 0) is 11.2 Å². The van der Waals surface area contributed by atoms with Gasteiger partial charge < -0.3 is 15.4 Å². The minimum Gasteiger partial charge on any atom is -0.383 e. The van der Waals surface area contributed by atoms with Gasteiger partial charge in [-0.25, -0.2) is 4.39 Å². The van der Waals surface area contributed by atoms with Gasteiger partial charge in [-0.05, 0) is 47.0 Å². The van der Waals surface area contributed by atoms with Gasteiger partial charge in [0.05, 0.1) is 11.1 Å². The highest BCUT2D eigenvalue weighted by Gasteiger charge is 2.05. The Bertz CT molecular complexity index is 454. The Morgan fingerprint density at radius 3 is 2.85 bits per heavy atom. The van der Waals surface area contributed by atoms with Crippen LogP contribution in [-0.4, -0.2) is 39.3 Å². The normalized spacial score (nSPS) is 13.2. The molecule has 6 heteroatoms. The van der Waals surface area contributed by atoms with E-state index in [0.29, 0.717) is 11.1 Å². The van der Waals surface area contributed by atoms with Crippen molar-refractivity contribution in [2.24, 2.45) is 4.99 Å². The smallest absolute Gasteiger partial charge is 0.191 e. The molecular formula is C14H21BrFN3O. The van der Waals surface area contributed by atoms with Gasteiger partial charge >= 0.3 is 0 Å². The average Bonchev–Trinajstić information content (AvgIpc) is 2.42. The van der Waals surface area contributed by atoms with Gasteiger partial charge in [-0.1, -0.05) is 6.07 Å². The third-order valence-electron chi connectivity index (χ3n) is 2.71. The molecule has 0 amide bonds. The van der Waals surface area contributed by atoms with Gasteiger partial charge in [0, 0.05) is 26.7 Å². The van der Waals surface area contributed by atoms with E-state index in [9.17, 15) is 4.39 Å². The molecule has 0 saturated carbocycles. The lowest BCUT2D eigenvalue weighted by atomic mass is 10.1. The fourth-order valence-electron chi connectivity index (χ4n) is 1.74. The average molecular weight is 346 g/mol. The van der Waals surface area contributed by atoms with Crippen molar-refractivity contribution < 1.29 is 9.13 Å². The van der Waals surface area contributed by atoms with E-state index in [1.165, 1.54) is 6.07 Å². The van der Waals surface area contributed by atoms with Gasteiger partial charge in [-0.2, -0.15) is 0 Å². The zero-order chi connectivity index (χ0) is 15.0. The molecule has 1 rings (SSSR count). The second-order valence-electron chi connectivity index (χ2n) is 4.50. The summed E-state index contributed by atoms with van der Waals surface area (Å²) in [5.41, 5.74) is 1.06. The number of benzene rings is 1. The van der Waals surface area contributed by atoms with Crippen LogP contribution in [0.1, 0.15) is 12.5 Å². The molecule has 0 aliphatic carbocycles. The van der Waals surface area contributed by atoms with Crippen LogP contribution in [0.15, 0.2) is 27.7 Å². The topological polar surface area (TPSA) is 45.7 Å². The summed E-state index contributed by atoms with van der Waals surface area (Å²) in [4.78, 5) is 4.14. The molecule has 0 radical (unpaired) electrons. The van der Waals surface area contributed by atoms with Crippen molar-refractivity contribution in [1.29, 1.82) is 0 Å². The van der Waals surface area contributed by atoms with Crippen LogP contribution >= 0.6 is 15.9 Å². The van der Waals surface area contributed by atoms with E-state index < -0.39 is 0 Å². The molecule has 0 heterocycles. The number of nitrogens with zero attached hydrogens (tertiary/aromatic N) is 1. The second kappa shape index (κ2) is 8.92. The lowest BCUT2D eigenvalue weighted by Crippen LogP contribution is -2.44. The zero-order valence-corrected chi connectivity index (χ0v) is 13.6. The SMILES string of the molecule is CN=C(NCCc1ccc(F)c(Br)c1)NC(C)COC. The summed E-state index contributed by atoms with van der Waals surface area (Å²) in [5, 5.41) is 6.43. The van der Waals surface area contributed by atoms with Gasteiger partial charge in [0.1, 0.15) is 5.82 Å². The first-order valence-electron chi connectivity index (χ1n) is 6.47. The van der Waals surface area contributed by atoms with Gasteiger partial charge in [0.15, 0.2) is 5.96 Å². The van der Waals surface area contributed by atoms with Crippen molar-refractivity contribution in [1.82, 2.24) is 10.6 Å². The number of hydrogen-bond donors (Lipinski definition) is 2. The van der Waals surface area contributed by atoms with Crippen molar-refractivity contribution in [3.8, 4) is 0 Å². The zero-order valence-electron chi connectivity index (χ0n) is 12.0. The maximum atomic E-state index is 13.1. The summed E-state index contributed by atoms with van der Waals surface area (Å²) in [6.07, 6.45) is 0.790. The molecule has 20 heavy (non-hydrogen) atoms. The standard InChI is InChI=1S/C14H21BrFN3O/c1-10(9-20-3)19-14(17-2)18-7-6-11-4-5-13(16)12(15)8-11/h4-5,8,10H,6-7,9H2,1-3H3,(H2,17,18,19). The number of guanidine groups is 1. The fraction of sp³-hybridized carbons (Fsp3) is 0.500. The molecule has 1 aromatic carbocycles. The van der Waals surface area contributed by atoms with E-state index in [4.69, 9.17) is 4.74 Å². The summed E-state index contributed by atoms with van der Waals surface area (Å²) in [6, 6.07) is 5.23. The number of nitrogens with one attached hydrogen (secondary N) is 2. The minimum atomic E-state index is -0.243. The van der Waals surface area contributed by atoms with Crippen LogP contribution in [0.25, 0.3) is 0 Å². The molecule has 0 spiro atoms. The van der Waals surface area contributed by atoms with Crippen LogP contribution in [0, 0.1) is 5.82 Å². The number of methoxy groups -OCH3 is 1. The van der Waals surface area contributed by atoms with Gasteiger partial charge in [-0.3, -0.25) is 4.99 Å². The molecule has 0 fully saturated rings. The fourth-order valence-corrected chi connectivity index (χ4v) is 2.17. The van der Waals surface area contributed by atoms with Crippen LogP contribution in [0.5, 0.6) is 0 Å². The Morgan fingerprint density at radius 1 is 1.50 bits per heavy atom. The molecule has 0 aromatic heterocycles. The van der Waals surface area contributed by atoms with E-state index in [-0.39, 0.29) is 11.9 Å². The molecule has 0 aliphatic heterocycles. The highest BCUT2D eigenvalue weighted by molar-refractivity contribution is 9.10. The minimum absolute atomic E-state index is 0.186.